The van der Waals surface area contributed by atoms with Crippen molar-refractivity contribution >= 4 is 43.5 Å². The van der Waals surface area contributed by atoms with Crippen molar-refractivity contribution in [3.63, 3.8) is 0 Å². The molecule has 0 aliphatic rings. The van der Waals surface area contributed by atoms with Gasteiger partial charge in [0.2, 0.25) is 0 Å². The second-order valence-electron chi connectivity index (χ2n) is 5.96. The summed E-state index contributed by atoms with van der Waals surface area (Å²) in [6.45, 7) is 2.76. The number of hydrogen-bond donors (Lipinski definition) is 0. The molecular weight excluding hydrogens is 350 g/mol. The van der Waals surface area contributed by atoms with Gasteiger partial charge in [-0.2, -0.15) is 0 Å². The van der Waals surface area contributed by atoms with E-state index in [4.69, 9.17) is 4.98 Å². The lowest BCUT2D eigenvalue weighted by Crippen LogP contribution is -2.24. The molecule has 1 atom stereocenters. The van der Waals surface area contributed by atoms with Crippen LogP contribution in [0.3, 0.4) is 0 Å². The molecule has 4 nitrogen and oxygen atoms in total. The maximum absolute atomic E-state index is 13.1. The third kappa shape index (κ3) is 2.85. The number of aromatic nitrogens is 3. The van der Waals surface area contributed by atoms with Gasteiger partial charge >= 0.3 is 0 Å². The molecule has 0 aliphatic heterocycles. The van der Waals surface area contributed by atoms with E-state index in [0.29, 0.717) is 11.2 Å². The maximum Gasteiger partial charge on any atom is 0.272 e. The predicted molar refractivity (Wildman–Crippen MR) is 106 cm³/mol. The second kappa shape index (κ2) is 6.61. The van der Waals surface area contributed by atoms with Crippen LogP contribution in [0, 0.1) is 0 Å². The summed E-state index contributed by atoms with van der Waals surface area (Å²) >= 11 is 2.94. The minimum atomic E-state index is 0.0279. The fourth-order valence-electron chi connectivity index (χ4n) is 3.02. The number of thiophene rings is 1. The van der Waals surface area contributed by atoms with Crippen LogP contribution in [-0.2, 0) is 6.54 Å². The molecule has 4 rings (SSSR count). The summed E-state index contributed by atoms with van der Waals surface area (Å²) < 4.78 is 2.49. The lowest BCUT2D eigenvalue weighted by Gasteiger charge is -2.16. The van der Waals surface area contributed by atoms with Gasteiger partial charge in [-0.15, -0.1) is 11.3 Å². The molecule has 0 unspecified atom stereocenters. The highest BCUT2D eigenvalue weighted by molar-refractivity contribution is 7.98. The van der Waals surface area contributed by atoms with Gasteiger partial charge in [-0.3, -0.25) is 9.36 Å². The fourth-order valence-corrected chi connectivity index (χ4v) is 4.61. The van der Waals surface area contributed by atoms with Crippen LogP contribution in [-0.4, -0.2) is 20.8 Å². The number of hydrogen-bond acceptors (Lipinski definition) is 5. The van der Waals surface area contributed by atoms with E-state index in [0.717, 1.165) is 20.9 Å². The van der Waals surface area contributed by atoms with Crippen molar-refractivity contribution in [1.29, 1.82) is 0 Å². The van der Waals surface area contributed by atoms with Crippen LogP contribution in [0.2, 0.25) is 0 Å². The van der Waals surface area contributed by atoms with E-state index in [1.807, 2.05) is 36.6 Å². The lowest BCUT2D eigenvalue weighted by molar-refractivity contribution is 0.532. The molecule has 0 aliphatic carbocycles. The molecule has 6 heteroatoms. The fraction of sp³-hybridized carbons (Fsp3) is 0.211. The van der Waals surface area contributed by atoms with Crippen molar-refractivity contribution < 1.29 is 0 Å². The Hall–Kier alpha value is -2.18. The molecule has 0 saturated carbocycles. The summed E-state index contributed by atoms with van der Waals surface area (Å²) in [6.07, 6.45) is 3.72. The lowest BCUT2D eigenvalue weighted by atomic mass is 10.0. The Labute approximate surface area is 153 Å². The first-order chi connectivity index (χ1) is 12.2. The summed E-state index contributed by atoms with van der Waals surface area (Å²) in [5.74, 6) is 0.233. The van der Waals surface area contributed by atoms with Crippen LogP contribution in [0.15, 0.2) is 58.6 Å². The number of benzene rings is 1. The highest BCUT2D eigenvalue weighted by Gasteiger charge is 2.18. The van der Waals surface area contributed by atoms with Crippen molar-refractivity contribution in [2.75, 3.05) is 6.26 Å². The van der Waals surface area contributed by atoms with Gasteiger partial charge in [0.05, 0.1) is 5.52 Å². The van der Waals surface area contributed by atoms with E-state index in [2.05, 4.69) is 24.0 Å². The largest absolute Gasteiger partial charge is 0.286 e. The highest BCUT2D eigenvalue weighted by atomic mass is 32.2. The van der Waals surface area contributed by atoms with Crippen LogP contribution >= 0.6 is 23.1 Å². The number of rotatable bonds is 4. The van der Waals surface area contributed by atoms with Crippen molar-refractivity contribution in [2.45, 2.75) is 24.5 Å². The number of pyridine rings is 1. The Morgan fingerprint density at radius 3 is 2.76 bits per heavy atom. The first-order valence-electron chi connectivity index (χ1n) is 8.06. The Bertz CT molecular complexity index is 1100. The van der Waals surface area contributed by atoms with E-state index >= 15 is 0 Å². The van der Waals surface area contributed by atoms with Crippen LogP contribution in [0.25, 0.3) is 20.4 Å². The molecule has 25 heavy (non-hydrogen) atoms. The van der Waals surface area contributed by atoms with Crippen LogP contribution < -0.4 is 5.56 Å². The summed E-state index contributed by atoms with van der Waals surface area (Å²) in [4.78, 5) is 23.2. The van der Waals surface area contributed by atoms with Crippen molar-refractivity contribution in [1.82, 2.24) is 14.5 Å². The zero-order valence-corrected chi connectivity index (χ0v) is 15.6. The summed E-state index contributed by atoms with van der Waals surface area (Å²) in [5.41, 5.74) is 2.02. The zero-order valence-electron chi connectivity index (χ0n) is 14.0. The van der Waals surface area contributed by atoms with E-state index < -0.39 is 0 Å². The molecular formula is C19H17N3OS2. The van der Waals surface area contributed by atoms with E-state index in [1.54, 1.807) is 10.8 Å². The molecule has 0 saturated heterocycles. The molecule has 0 amide bonds. The molecule has 0 radical (unpaired) electrons. The molecule has 0 bridgehead atoms. The minimum absolute atomic E-state index is 0.0279. The van der Waals surface area contributed by atoms with Gasteiger partial charge in [0.1, 0.15) is 9.53 Å². The number of fused-ring (bicyclic) bond motifs is 3. The van der Waals surface area contributed by atoms with Gasteiger partial charge < -0.3 is 0 Å². The van der Waals surface area contributed by atoms with E-state index in [-0.39, 0.29) is 11.5 Å². The Balaban J connectivity index is 1.87. The molecule has 0 fully saturated rings. The third-order valence-corrected chi connectivity index (χ3v) is 6.09. The first kappa shape index (κ1) is 16.3. The third-order valence-electron chi connectivity index (χ3n) is 4.33. The Kier molecular flexibility index (Phi) is 4.31. The highest BCUT2D eigenvalue weighted by Crippen LogP contribution is 2.30. The van der Waals surface area contributed by atoms with Gasteiger partial charge in [-0.1, -0.05) is 49.0 Å². The standard InChI is InChI=1S/C19H17N3OS2/c1-12(13-7-4-3-5-8-13)11-22-18(23)16-15(21-19(22)24-2)14-9-6-10-20-17(14)25-16/h3-10,12H,11H2,1-2H3/t12-/m0/s1. The monoisotopic (exact) mass is 367 g/mol. The van der Waals surface area contributed by atoms with Gasteiger partial charge in [0.15, 0.2) is 5.16 Å². The molecule has 0 spiro atoms. The summed E-state index contributed by atoms with van der Waals surface area (Å²) in [5, 5.41) is 1.71. The first-order valence-corrected chi connectivity index (χ1v) is 10.1. The Morgan fingerprint density at radius 2 is 2.00 bits per heavy atom. The molecule has 0 N–H and O–H groups in total. The van der Waals surface area contributed by atoms with Crippen LogP contribution in [0.5, 0.6) is 0 Å². The van der Waals surface area contributed by atoms with Gasteiger partial charge in [0.25, 0.3) is 5.56 Å². The van der Waals surface area contributed by atoms with E-state index in [9.17, 15) is 4.79 Å². The van der Waals surface area contributed by atoms with Crippen molar-refractivity contribution in [2.24, 2.45) is 0 Å². The average Bonchev–Trinajstić information content (AvgIpc) is 3.03. The second-order valence-corrected chi connectivity index (χ2v) is 7.73. The number of nitrogens with zero attached hydrogens (tertiary/aromatic N) is 3. The van der Waals surface area contributed by atoms with Gasteiger partial charge in [0, 0.05) is 18.1 Å². The summed E-state index contributed by atoms with van der Waals surface area (Å²) in [6, 6.07) is 14.1. The van der Waals surface area contributed by atoms with Gasteiger partial charge in [-0.05, 0) is 29.9 Å². The minimum Gasteiger partial charge on any atom is -0.286 e. The van der Waals surface area contributed by atoms with Crippen LogP contribution in [0.1, 0.15) is 18.4 Å². The smallest absolute Gasteiger partial charge is 0.272 e. The molecule has 126 valence electrons. The zero-order chi connectivity index (χ0) is 17.4. The average molecular weight is 367 g/mol. The SMILES string of the molecule is CSc1nc2c(sc3ncccc32)c(=O)n1C[C@H](C)c1ccccc1. The normalized spacial score (nSPS) is 12.7. The van der Waals surface area contributed by atoms with E-state index in [1.165, 1.54) is 28.7 Å². The number of thioether (sulfide) groups is 1. The predicted octanol–water partition coefficient (Wildman–Crippen LogP) is 4.53. The van der Waals surface area contributed by atoms with Crippen molar-refractivity contribution in [3.8, 4) is 0 Å². The molecule has 3 heterocycles. The Morgan fingerprint density at radius 1 is 1.20 bits per heavy atom. The van der Waals surface area contributed by atoms with Gasteiger partial charge in [-0.25, -0.2) is 9.97 Å². The summed E-state index contributed by atoms with van der Waals surface area (Å²) in [7, 11) is 0. The topological polar surface area (TPSA) is 47.8 Å². The molecule has 4 aromatic rings. The quantitative estimate of drug-likeness (QED) is 0.393. The van der Waals surface area contributed by atoms with Crippen molar-refractivity contribution in [3.05, 3.63) is 64.6 Å². The molecule has 1 aromatic carbocycles. The maximum atomic E-state index is 13.1. The van der Waals surface area contributed by atoms with Crippen LogP contribution in [0.4, 0.5) is 0 Å². The molecule has 3 aromatic heterocycles.